The number of carbonyl (C=O) groups is 2. The molecule has 236 valence electrons. The Balaban J connectivity index is 2.10. The van der Waals surface area contributed by atoms with Crippen molar-refractivity contribution in [2.45, 2.75) is 51.1 Å². The number of hydrogen-bond acceptors (Lipinski definition) is 8. The first kappa shape index (κ1) is 33.8. The SMILES string of the molecule is CCCNC(=O)C(CC)N(Cc1ccc(OC)cc1)C(=O)CN(c1ccc(OC)cc1)S(=O)(=O)c1ccc(C)c([N+](=O)[O-])c1. The van der Waals surface area contributed by atoms with E-state index in [9.17, 15) is 28.1 Å². The van der Waals surface area contributed by atoms with Gasteiger partial charge in [0, 0.05) is 24.7 Å². The minimum absolute atomic E-state index is 0.0212. The Morgan fingerprint density at radius 2 is 1.55 bits per heavy atom. The number of methoxy groups -OCH3 is 2. The van der Waals surface area contributed by atoms with Crippen molar-refractivity contribution in [2.24, 2.45) is 0 Å². The molecule has 12 nitrogen and oxygen atoms in total. The van der Waals surface area contributed by atoms with Gasteiger partial charge in [-0.25, -0.2) is 8.42 Å². The van der Waals surface area contributed by atoms with E-state index < -0.39 is 33.4 Å². The first-order valence-electron chi connectivity index (χ1n) is 14.1. The molecule has 1 N–H and O–H groups in total. The van der Waals surface area contributed by atoms with Crippen LogP contribution >= 0.6 is 0 Å². The number of sulfonamides is 1. The Hall–Kier alpha value is -4.65. The maximum atomic E-state index is 14.1. The predicted molar refractivity (Wildman–Crippen MR) is 166 cm³/mol. The van der Waals surface area contributed by atoms with E-state index in [0.717, 1.165) is 10.4 Å². The van der Waals surface area contributed by atoms with Crippen LogP contribution in [0.4, 0.5) is 11.4 Å². The van der Waals surface area contributed by atoms with Crippen LogP contribution in [0.25, 0.3) is 0 Å². The molecule has 1 atom stereocenters. The number of nitrogens with zero attached hydrogens (tertiary/aromatic N) is 3. The van der Waals surface area contributed by atoms with Crippen LogP contribution in [-0.4, -0.2) is 63.4 Å². The number of ether oxygens (including phenoxy) is 2. The van der Waals surface area contributed by atoms with Gasteiger partial charge in [-0.1, -0.05) is 32.0 Å². The minimum atomic E-state index is -4.50. The maximum absolute atomic E-state index is 14.1. The van der Waals surface area contributed by atoms with Gasteiger partial charge in [-0.2, -0.15) is 0 Å². The Kier molecular flexibility index (Phi) is 11.7. The number of amides is 2. The lowest BCUT2D eigenvalue weighted by molar-refractivity contribution is -0.385. The van der Waals surface area contributed by atoms with E-state index in [0.29, 0.717) is 30.0 Å². The third-order valence-electron chi connectivity index (χ3n) is 7.05. The second kappa shape index (κ2) is 15.2. The maximum Gasteiger partial charge on any atom is 0.273 e. The molecule has 3 rings (SSSR count). The average molecular weight is 627 g/mol. The van der Waals surface area contributed by atoms with E-state index in [1.54, 1.807) is 43.3 Å². The van der Waals surface area contributed by atoms with Crippen LogP contribution in [0.3, 0.4) is 0 Å². The van der Waals surface area contributed by atoms with Crippen LogP contribution < -0.4 is 19.1 Å². The minimum Gasteiger partial charge on any atom is -0.497 e. The van der Waals surface area contributed by atoms with Gasteiger partial charge < -0.3 is 19.7 Å². The van der Waals surface area contributed by atoms with Gasteiger partial charge in [0.15, 0.2) is 0 Å². The standard InChI is InChI=1S/C31H38N4O8S/c1-6-18-32-31(37)28(7-2)33(20-23-9-13-25(42-4)14-10-23)30(36)21-34(24-11-15-26(43-5)16-12-24)44(40,41)27-17-8-22(3)29(19-27)35(38)39/h8-17,19,28H,6-7,18,20-21H2,1-5H3,(H,32,37). The van der Waals surface area contributed by atoms with Crippen molar-refractivity contribution < 1.29 is 32.4 Å². The van der Waals surface area contributed by atoms with Crippen LogP contribution in [0.1, 0.15) is 37.8 Å². The van der Waals surface area contributed by atoms with E-state index >= 15 is 0 Å². The summed E-state index contributed by atoms with van der Waals surface area (Å²) in [5.41, 5.74) is 0.756. The lowest BCUT2D eigenvalue weighted by Gasteiger charge is -2.33. The van der Waals surface area contributed by atoms with E-state index in [1.165, 1.54) is 50.3 Å². The number of nitro benzene ring substituents is 1. The molecule has 0 radical (unpaired) electrons. The van der Waals surface area contributed by atoms with Crippen molar-refractivity contribution in [3.8, 4) is 11.5 Å². The topological polar surface area (TPSA) is 148 Å². The summed E-state index contributed by atoms with van der Waals surface area (Å²) in [5.74, 6) is 0.0797. The number of anilines is 1. The molecule has 0 saturated carbocycles. The first-order valence-corrected chi connectivity index (χ1v) is 15.5. The molecule has 0 heterocycles. The van der Waals surface area contributed by atoms with Crippen LogP contribution in [0.5, 0.6) is 11.5 Å². The Morgan fingerprint density at radius 1 is 0.955 bits per heavy atom. The fourth-order valence-corrected chi connectivity index (χ4v) is 6.00. The molecule has 13 heteroatoms. The Morgan fingerprint density at radius 3 is 2.07 bits per heavy atom. The second-order valence-corrected chi connectivity index (χ2v) is 11.9. The molecule has 0 fully saturated rings. The molecule has 2 amide bonds. The van der Waals surface area contributed by atoms with E-state index in [1.807, 2.05) is 6.92 Å². The van der Waals surface area contributed by atoms with Crippen molar-refractivity contribution >= 4 is 33.2 Å². The fraction of sp³-hybridized carbons (Fsp3) is 0.355. The molecular formula is C31H38N4O8S. The van der Waals surface area contributed by atoms with Crippen molar-refractivity contribution in [1.82, 2.24) is 10.2 Å². The summed E-state index contributed by atoms with van der Waals surface area (Å²) in [5, 5.41) is 14.5. The number of aryl methyl sites for hydroxylation is 1. The molecule has 0 saturated heterocycles. The smallest absolute Gasteiger partial charge is 0.273 e. The van der Waals surface area contributed by atoms with Crippen LogP contribution in [-0.2, 0) is 26.2 Å². The highest BCUT2D eigenvalue weighted by molar-refractivity contribution is 7.92. The van der Waals surface area contributed by atoms with E-state index in [-0.39, 0.29) is 40.7 Å². The van der Waals surface area contributed by atoms with Gasteiger partial charge >= 0.3 is 0 Å². The first-order chi connectivity index (χ1) is 21.0. The van der Waals surface area contributed by atoms with E-state index in [4.69, 9.17) is 9.47 Å². The summed E-state index contributed by atoms with van der Waals surface area (Å²) < 4.78 is 39.5. The highest BCUT2D eigenvalue weighted by Gasteiger charge is 2.34. The van der Waals surface area contributed by atoms with Gasteiger partial charge in [0.25, 0.3) is 15.7 Å². The summed E-state index contributed by atoms with van der Waals surface area (Å²) in [4.78, 5) is 39.3. The number of carbonyl (C=O) groups excluding carboxylic acids is 2. The van der Waals surface area contributed by atoms with Crippen LogP contribution in [0.15, 0.2) is 71.6 Å². The summed E-state index contributed by atoms with van der Waals surface area (Å²) in [6.07, 6.45) is 0.970. The van der Waals surface area contributed by atoms with Crippen molar-refractivity contribution in [2.75, 3.05) is 31.6 Å². The monoisotopic (exact) mass is 626 g/mol. The molecule has 3 aromatic rings. The molecule has 3 aromatic carbocycles. The van der Waals surface area contributed by atoms with E-state index in [2.05, 4.69) is 5.32 Å². The summed E-state index contributed by atoms with van der Waals surface area (Å²) in [6.45, 7) is 4.95. The zero-order valence-corrected chi connectivity index (χ0v) is 26.3. The van der Waals surface area contributed by atoms with Crippen molar-refractivity contribution in [3.05, 3.63) is 88.0 Å². The number of hydrogen-bond donors (Lipinski definition) is 1. The Labute approximate surface area is 257 Å². The predicted octanol–water partition coefficient (Wildman–Crippen LogP) is 4.45. The molecule has 0 spiro atoms. The molecule has 0 aromatic heterocycles. The number of nitrogens with one attached hydrogen (secondary N) is 1. The molecule has 0 aliphatic carbocycles. The zero-order valence-electron chi connectivity index (χ0n) is 25.5. The van der Waals surface area contributed by atoms with Crippen LogP contribution in [0.2, 0.25) is 0 Å². The fourth-order valence-electron chi connectivity index (χ4n) is 4.56. The van der Waals surface area contributed by atoms with Crippen molar-refractivity contribution in [3.63, 3.8) is 0 Å². The number of benzene rings is 3. The third kappa shape index (κ3) is 8.04. The molecular weight excluding hydrogens is 588 g/mol. The third-order valence-corrected chi connectivity index (χ3v) is 8.82. The summed E-state index contributed by atoms with van der Waals surface area (Å²) in [7, 11) is -1.50. The molecule has 0 bridgehead atoms. The zero-order chi connectivity index (χ0) is 32.4. The molecule has 0 aliphatic heterocycles. The van der Waals surface area contributed by atoms with Gasteiger partial charge in [0.2, 0.25) is 11.8 Å². The summed E-state index contributed by atoms with van der Waals surface area (Å²) >= 11 is 0. The van der Waals surface area contributed by atoms with Crippen LogP contribution in [0, 0.1) is 17.0 Å². The lowest BCUT2D eigenvalue weighted by atomic mass is 10.1. The van der Waals surface area contributed by atoms with Gasteiger partial charge in [-0.05, 0) is 67.8 Å². The summed E-state index contributed by atoms with van der Waals surface area (Å²) in [6, 6.07) is 15.7. The normalized spacial score (nSPS) is 11.8. The Bertz CT molecular complexity index is 1560. The molecule has 0 aliphatic rings. The van der Waals surface area contributed by atoms with Gasteiger partial charge in [0.05, 0.1) is 29.7 Å². The largest absolute Gasteiger partial charge is 0.497 e. The quantitative estimate of drug-likeness (QED) is 0.192. The average Bonchev–Trinajstić information content (AvgIpc) is 3.02. The molecule has 1 unspecified atom stereocenters. The number of nitro groups is 1. The lowest BCUT2D eigenvalue weighted by Crippen LogP contribution is -2.52. The molecule has 44 heavy (non-hydrogen) atoms. The van der Waals surface area contributed by atoms with Gasteiger partial charge in [-0.3, -0.25) is 24.0 Å². The second-order valence-electron chi connectivity index (χ2n) is 10.00. The van der Waals surface area contributed by atoms with Gasteiger partial charge in [-0.15, -0.1) is 0 Å². The van der Waals surface area contributed by atoms with Gasteiger partial charge in [0.1, 0.15) is 24.1 Å². The highest BCUT2D eigenvalue weighted by atomic mass is 32.2. The van der Waals surface area contributed by atoms with Crippen molar-refractivity contribution in [1.29, 1.82) is 0 Å². The number of rotatable bonds is 15. The highest BCUT2D eigenvalue weighted by Crippen LogP contribution is 2.29.